The molecule has 0 saturated heterocycles. The average molecular weight is 298 g/mol. The predicted octanol–water partition coefficient (Wildman–Crippen LogP) is 3.80. The first kappa shape index (κ1) is 17.9. The van der Waals surface area contributed by atoms with Gasteiger partial charge in [-0.1, -0.05) is 51.6 Å². The molecule has 0 aromatic heterocycles. The maximum Gasteiger partial charge on any atom is 0.147 e. The van der Waals surface area contributed by atoms with Crippen molar-refractivity contribution in [1.82, 2.24) is 0 Å². The van der Waals surface area contributed by atoms with E-state index in [1.54, 1.807) is 19.3 Å². The summed E-state index contributed by atoms with van der Waals surface area (Å²) in [5.41, 5.74) is 3.19. The number of hydrogen-bond donors (Lipinski definition) is 0. The lowest BCUT2D eigenvalue weighted by Crippen LogP contribution is -2.35. The lowest BCUT2D eigenvalue weighted by molar-refractivity contribution is -0.108. The third-order valence-electron chi connectivity index (χ3n) is 3.62. The van der Waals surface area contributed by atoms with Crippen LogP contribution >= 0.6 is 0 Å². The number of likely N-dealkylation sites (N-methyl/N-ethyl adjacent to an activating group) is 1. The van der Waals surface area contributed by atoms with Gasteiger partial charge in [-0.15, -0.1) is 0 Å². The van der Waals surface area contributed by atoms with Crippen LogP contribution in [0.5, 0.6) is 0 Å². The molecule has 0 aliphatic carbocycles. The van der Waals surface area contributed by atoms with Gasteiger partial charge in [-0.25, -0.2) is 0 Å². The molecule has 3 nitrogen and oxygen atoms in total. The van der Waals surface area contributed by atoms with Crippen LogP contribution in [0.2, 0.25) is 0 Å². The summed E-state index contributed by atoms with van der Waals surface area (Å²) in [7, 11) is 3.60. The van der Waals surface area contributed by atoms with Crippen molar-refractivity contribution in [3.05, 3.63) is 54.1 Å². The van der Waals surface area contributed by atoms with E-state index in [9.17, 15) is 4.79 Å². The van der Waals surface area contributed by atoms with Gasteiger partial charge in [0.1, 0.15) is 12.3 Å². The van der Waals surface area contributed by atoms with Gasteiger partial charge < -0.3 is 9.69 Å². The molecule has 1 aromatic carbocycles. The zero-order valence-corrected chi connectivity index (χ0v) is 14.2. The number of anilines is 1. The second-order valence-electron chi connectivity index (χ2n) is 6.28. The number of aldehydes is 1. The van der Waals surface area contributed by atoms with Gasteiger partial charge in [0.25, 0.3) is 0 Å². The fourth-order valence-corrected chi connectivity index (χ4v) is 2.25. The van der Waals surface area contributed by atoms with Gasteiger partial charge in [-0.2, -0.15) is 0 Å². The summed E-state index contributed by atoms with van der Waals surface area (Å²) in [5.74, 6) is 0. The molecule has 0 heterocycles. The minimum Gasteiger partial charge on any atom is -0.361 e. The fraction of sp³-hybridized carbons (Fsp3) is 0.368. The first-order valence-corrected chi connectivity index (χ1v) is 7.38. The highest BCUT2D eigenvalue weighted by Gasteiger charge is 2.19. The van der Waals surface area contributed by atoms with Crippen molar-refractivity contribution in [1.29, 1.82) is 0 Å². The lowest BCUT2D eigenvalue weighted by Gasteiger charge is -2.27. The molecule has 1 unspecified atom stereocenters. The van der Waals surface area contributed by atoms with Crippen LogP contribution in [-0.2, 0) is 10.2 Å². The van der Waals surface area contributed by atoms with Gasteiger partial charge in [-0.3, -0.25) is 4.99 Å². The maximum absolute atomic E-state index is 11.6. The Morgan fingerprint density at radius 3 is 2.27 bits per heavy atom. The third kappa shape index (κ3) is 4.42. The summed E-state index contributed by atoms with van der Waals surface area (Å²) in [5, 5.41) is 0. The zero-order chi connectivity index (χ0) is 16.8. The maximum atomic E-state index is 11.6. The highest BCUT2D eigenvalue weighted by molar-refractivity contribution is 5.89. The number of allylic oxidation sites excluding steroid dienone is 2. The number of nitrogens with zero attached hydrogens (tertiary/aromatic N) is 2. The van der Waals surface area contributed by atoms with E-state index in [4.69, 9.17) is 0 Å². The Hall–Kier alpha value is -2.16. The van der Waals surface area contributed by atoms with E-state index in [1.807, 2.05) is 30.2 Å². The fourth-order valence-electron chi connectivity index (χ4n) is 2.25. The molecule has 1 atom stereocenters. The summed E-state index contributed by atoms with van der Waals surface area (Å²) in [6, 6.07) is 7.93. The Morgan fingerprint density at radius 2 is 1.86 bits per heavy atom. The number of carbonyl (C=O) groups excluding carboxylic acids is 1. The lowest BCUT2D eigenvalue weighted by atomic mass is 9.87. The van der Waals surface area contributed by atoms with Gasteiger partial charge in [0.05, 0.1) is 0 Å². The Bertz CT molecular complexity index is 562. The van der Waals surface area contributed by atoms with Crippen molar-refractivity contribution in [3.63, 3.8) is 0 Å². The molecule has 118 valence electrons. The first-order chi connectivity index (χ1) is 10.3. The predicted molar refractivity (Wildman–Crippen MR) is 96.1 cm³/mol. The second-order valence-corrected chi connectivity index (χ2v) is 6.28. The zero-order valence-electron chi connectivity index (χ0n) is 14.2. The quantitative estimate of drug-likeness (QED) is 0.454. The second kappa shape index (κ2) is 7.74. The van der Waals surface area contributed by atoms with E-state index in [0.717, 1.165) is 17.5 Å². The molecule has 0 bridgehead atoms. The van der Waals surface area contributed by atoms with Crippen molar-refractivity contribution in [2.75, 3.05) is 19.0 Å². The topological polar surface area (TPSA) is 32.7 Å². The molecule has 22 heavy (non-hydrogen) atoms. The monoisotopic (exact) mass is 298 g/mol. The molecular formula is C19H26N2O. The Labute approximate surface area is 134 Å². The minimum atomic E-state index is -0.387. The molecule has 1 aromatic rings. The van der Waals surface area contributed by atoms with Gasteiger partial charge in [0.2, 0.25) is 0 Å². The minimum absolute atomic E-state index is 0.115. The van der Waals surface area contributed by atoms with Crippen molar-refractivity contribution in [2.45, 2.75) is 32.2 Å². The summed E-state index contributed by atoms with van der Waals surface area (Å²) in [6.45, 7) is 10.2. The number of rotatable bonds is 6. The first-order valence-electron chi connectivity index (χ1n) is 7.38. The molecule has 3 heteroatoms. The Kier molecular flexibility index (Phi) is 6.29. The highest BCUT2D eigenvalue weighted by Crippen LogP contribution is 2.25. The number of carbonyl (C=O) groups is 1. The van der Waals surface area contributed by atoms with Crippen LogP contribution in [0.4, 0.5) is 5.69 Å². The molecular weight excluding hydrogens is 272 g/mol. The van der Waals surface area contributed by atoms with Crippen molar-refractivity contribution in [3.8, 4) is 0 Å². The van der Waals surface area contributed by atoms with Crippen molar-refractivity contribution < 1.29 is 4.79 Å². The summed E-state index contributed by atoms with van der Waals surface area (Å²) >= 11 is 0. The molecule has 1 rings (SSSR count). The molecule has 0 amide bonds. The Balaban J connectivity index is 3.11. The van der Waals surface area contributed by atoms with Gasteiger partial charge >= 0.3 is 0 Å². The molecule has 0 fully saturated rings. The molecule has 0 aliphatic rings. The van der Waals surface area contributed by atoms with Crippen LogP contribution in [0.25, 0.3) is 0 Å². The highest BCUT2D eigenvalue weighted by atomic mass is 16.1. The average Bonchev–Trinajstić information content (AvgIpc) is 2.47. The largest absolute Gasteiger partial charge is 0.361 e. The van der Waals surface area contributed by atoms with Crippen LogP contribution in [-0.4, -0.2) is 32.6 Å². The molecule has 0 radical (unpaired) electrons. The summed E-state index contributed by atoms with van der Waals surface area (Å²) in [4.78, 5) is 17.5. The third-order valence-corrected chi connectivity index (χ3v) is 3.62. The summed E-state index contributed by atoms with van der Waals surface area (Å²) in [6.07, 6.45) is 6.10. The Morgan fingerprint density at radius 1 is 1.27 bits per heavy atom. The van der Waals surface area contributed by atoms with Crippen LogP contribution in [0.1, 0.15) is 26.3 Å². The summed E-state index contributed by atoms with van der Waals surface area (Å²) < 4.78 is 0. The SMILES string of the molecule is C=C/C=C(\C=NC)C(C=O)N(C)c1ccc(C(C)(C)C)cc1. The number of hydrogen-bond acceptors (Lipinski definition) is 3. The van der Waals surface area contributed by atoms with Crippen LogP contribution in [0, 0.1) is 0 Å². The molecule has 0 spiro atoms. The molecule has 0 aliphatic heterocycles. The standard InChI is InChI=1S/C19H26N2O/c1-7-8-15(13-20-5)18(14-22)21(6)17-11-9-16(10-12-17)19(2,3)4/h7-14,18H,1H2,2-6H3/b15-8+,20-13?. The van der Waals surface area contributed by atoms with Crippen LogP contribution in [0.15, 0.2) is 53.6 Å². The van der Waals surface area contributed by atoms with Gasteiger partial charge in [0.15, 0.2) is 0 Å². The van der Waals surface area contributed by atoms with E-state index in [-0.39, 0.29) is 11.5 Å². The van der Waals surface area contributed by atoms with E-state index in [0.29, 0.717) is 0 Å². The molecule has 0 N–H and O–H groups in total. The van der Waals surface area contributed by atoms with E-state index in [2.05, 4.69) is 44.5 Å². The smallest absolute Gasteiger partial charge is 0.147 e. The normalized spacial score (nSPS) is 14.0. The van der Waals surface area contributed by atoms with Crippen LogP contribution < -0.4 is 4.90 Å². The van der Waals surface area contributed by atoms with Crippen molar-refractivity contribution >= 4 is 18.2 Å². The number of aliphatic imine (C=N–C) groups is 1. The van der Waals surface area contributed by atoms with E-state index >= 15 is 0 Å². The van der Waals surface area contributed by atoms with Crippen LogP contribution in [0.3, 0.4) is 0 Å². The van der Waals surface area contributed by atoms with Crippen molar-refractivity contribution in [2.24, 2.45) is 4.99 Å². The van der Waals surface area contributed by atoms with E-state index in [1.165, 1.54) is 5.56 Å². The number of benzene rings is 1. The molecule has 0 saturated carbocycles. The van der Waals surface area contributed by atoms with Gasteiger partial charge in [-0.05, 0) is 28.7 Å². The van der Waals surface area contributed by atoms with Gasteiger partial charge in [0, 0.05) is 26.0 Å². The van der Waals surface area contributed by atoms with E-state index < -0.39 is 0 Å².